The lowest BCUT2D eigenvalue weighted by Gasteiger charge is -2.11. The standard InChI is InChI=1S/C21H18BrNO3/c1-25-19-12-9-17(13-23-19)21(24)20(22)16-7-10-18(11-8-16)26-14-15-5-3-2-4-6-15/h2-13,20H,14H2,1H3. The third-order valence-electron chi connectivity index (χ3n) is 3.88. The highest BCUT2D eigenvalue weighted by Crippen LogP contribution is 2.29. The van der Waals surface area contributed by atoms with Crippen molar-refractivity contribution in [1.82, 2.24) is 4.98 Å². The molecule has 5 heteroatoms. The molecule has 0 aliphatic rings. The van der Waals surface area contributed by atoms with E-state index in [1.807, 2.05) is 54.6 Å². The van der Waals surface area contributed by atoms with Crippen LogP contribution in [0.25, 0.3) is 0 Å². The van der Waals surface area contributed by atoms with Crippen LogP contribution in [0.4, 0.5) is 0 Å². The van der Waals surface area contributed by atoms with Crippen LogP contribution < -0.4 is 9.47 Å². The fraction of sp³-hybridized carbons (Fsp3) is 0.143. The molecule has 0 saturated heterocycles. The second-order valence-electron chi connectivity index (χ2n) is 5.66. The Bertz CT molecular complexity index is 849. The number of rotatable bonds is 7. The zero-order valence-electron chi connectivity index (χ0n) is 14.3. The predicted octanol–water partition coefficient (Wildman–Crippen LogP) is 4.99. The third-order valence-corrected chi connectivity index (χ3v) is 4.83. The molecular formula is C21H18BrNO3. The summed E-state index contributed by atoms with van der Waals surface area (Å²) < 4.78 is 10.8. The summed E-state index contributed by atoms with van der Waals surface area (Å²) in [6.07, 6.45) is 1.52. The number of methoxy groups -OCH3 is 1. The lowest BCUT2D eigenvalue weighted by Crippen LogP contribution is -2.07. The predicted molar refractivity (Wildman–Crippen MR) is 104 cm³/mol. The van der Waals surface area contributed by atoms with Gasteiger partial charge in [-0.05, 0) is 29.3 Å². The van der Waals surface area contributed by atoms with Gasteiger partial charge in [0.05, 0.1) is 7.11 Å². The molecule has 1 heterocycles. The molecule has 0 spiro atoms. The maximum atomic E-state index is 12.6. The number of hydrogen-bond donors (Lipinski definition) is 0. The summed E-state index contributed by atoms with van der Waals surface area (Å²) in [6, 6.07) is 20.9. The lowest BCUT2D eigenvalue weighted by atomic mass is 10.0. The molecule has 0 radical (unpaired) electrons. The first-order valence-electron chi connectivity index (χ1n) is 8.12. The van der Waals surface area contributed by atoms with Gasteiger partial charge < -0.3 is 9.47 Å². The molecule has 1 aromatic heterocycles. The molecule has 1 atom stereocenters. The van der Waals surface area contributed by atoms with Gasteiger partial charge in [-0.3, -0.25) is 4.79 Å². The van der Waals surface area contributed by atoms with Gasteiger partial charge in [0.1, 0.15) is 17.2 Å². The van der Waals surface area contributed by atoms with Gasteiger partial charge in [0.25, 0.3) is 0 Å². The first kappa shape index (κ1) is 18.1. The first-order chi connectivity index (χ1) is 12.7. The van der Waals surface area contributed by atoms with E-state index in [2.05, 4.69) is 20.9 Å². The molecule has 0 aliphatic carbocycles. The topological polar surface area (TPSA) is 48.4 Å². The quantitative estimate of drug-likeness (QED) is 0.405. The summed E-state index contributed by atoms with van der Waals surface area (Å²) in [7, 11) is 1.54. The van der Waals surface area contributed by atoms with Crippen LogP contribution in [0.2, 0.25) is 0 Å². The van der Waals surface area contributed by atoms with Gasteiger partial charge in [-0.2, -0.15) is 0 Å². The monoisotopic (exact) mass is 411 g/mol. The molecule has 0 amide bonds. The van der Waals surface area contributed by atoms with Crippen LogP contribution in [-0.2, 0) is 6.61 Å². The molecule has 4 nitrogen and oxygen atoms in total. The van der Waals surface area contributed by atoms with Crippen molar-refractivity contribution < 1.29 is 14.3 Å². The van der Waals surface area contributed by atoms with Gasteiger partial charge in [0.2, 0.25) is 5.88 Å². The number of benzene rings is 2. The third kappa shape index (κ3) is 4.49. The first-order valence-corrected chi connectivity index (χ1v) is 9.04. The van der Waals surface area contributed by atoms with Gasteiger partial charge in [0.15, 0.2) is 5.78 Å². The molecular weight excluding hydrogens is 394 g/mol. The molecule has 0 fully saturated rings. The van der Waals surface area contributed by atoms with Crippen molar-refractivity contribution in [3.63, 3.8) is 0 Å². The number of alkyl halides is 1. The summed E-state index contributed by atoms with van der Waals surface area (Å²) >= 11 is 3.47. The van der Waals surface area contributed by atoms with Gasteiger partial charge in [0, 0.05) is 17.8 Å². The maximum Gasteiger partial charge on any atom is 0.212 e. The Morgan fingerprint density at radius 1 is 1.04 bits per heavy atom. The lowest BCUT2D eigenvalue weighted by molar-refractivity contribution is 0.0991. The Kier molecular flexibility index (Phi) is 6.02. The normalized spacial score (nSPS) is 11.6. The van der Waals surface area contributed by atoms with Crippen molar-refractivity contribution in [3.8, 4) is 11.6 Å². The van der Waals surface area contributed by atoms with Crippen LogP contribution >= 0.6 is 15.9 Å². The highest BCUT2D eigenvalue weighted by Gasteiger charge is 2.19. The molecule has 1 unspecified atom stereocenters. The minimum absolute atomic E-state index is 0.0573. The maximum absolute atomic E-state index is 12.6. The largest absolute Gasteiger partial charge is 0.489 e. The second kappa shape index (κ2) is 8.63. The van der Waals surface area contributed by atoms with E-state index in [1.165, 1.54) is 6.20 Å². The van der Waals surface area contributed by atoms with E-state index < -0.39 is 4.83 Å². The van der Waals surface area contributed by atoms with Crippen molar-refractivity contribution in [1.29, 1.82) is 0 Å². The van der Waals surface area contributed by atoms with E-state index in [1.54, 1.807) is 19.2 Å². The van der Waals surface area contributed by atoms with Crippen molar-refractivity contribution in [2.24, 2.45) is 0 Å². The molecule has 26 heavy (non-hydrogen) atoms. The van der Waals surface area contributed by atoms with Crippen molar-refractivity contribution in [2.75, 3.05) is 7.11 Å². The Morgan fingerprint density at radius 3 is 2.38 bits per heavy atom. The molecule has 0 N–H and O–H groups in total. The smallest absolute Gasteiger partial charge is 0.212 e. The minimum atomic E-state index is -0.444. The van der Waals surface area contributed by atoms with Crippen LogP contribution in [0.1, 0.15) is 26.3 Å². The minimum Gasteiger partial charge on any atom is -0.489 e. The highest BCUT2D eigenvalue weighted by atomic mass is 79.9. The zero-order valence-corrected chi connectivity index (χ0v) is 15.8. The SMILES string of the molecule is COc1ccc(C(=O)C(Br)c2ccc(OCc3ccccc3)cc2)cn1. The Labute approximate surface area is 160 Å². The van der Waals surface area contributed by atoms with E-state index in [9.17, 15) is 4.79 Å². The molecule has 3 aromatic rings. The number of Topliss-reactive ketones (excluding diaryl/α,β-unsaturated/α-hetero) is 1. The van der Waals surface area contributed by atoms with Crippen LogP contribution in [0.3, 0.4) is 0 Å². The molecule has 0 bridgehead atoms. The number of halogens is 1. The summed E-state index contributed by atoms with van der Waals surface area (Å²) in [5, 5.41) is 0. The van der Waals surface area contributed by atoms with Crippen molar-refractivity contribution in [2.45, 2.75) is 11.4 Å². The summed E-state index contributed by atoms with van der Waals surface area (Å²) in [5.41, 5.74) is 2.49. The summed E-state index contributed by atoms with van der Waals surface area (Å²) in [4.78, 5) is 16.2. The fourth-order valence-corrected chi connectivity index (χ4v) is 2.99. The van der Waals surface area contributed by atoms with E-state index in [0.29, 0.717) is 18.1 Å². The number of carbonyl (C=O) groups is 1. The molecule has 0 aliphatic heterocycles. The number of pyridine rings is 1. The van der Waals surface area contributed by atoms with Crippen molar-refractivity contribution >= 4 is 21.7 Å². The average molecular weight is 412 g/mol. The number of ketones is 1. The molecule has 2 aromatic carbocycles. The van der Waals surface area contributed by atoms with Gasteiger partial charge >= 0.3 is 0 Å². The number of aromatic nitrogens is 1. The Morgan fingerprint density at radius 2 is 1.77 bits per heavy atom. The number of hydrogen-bond acceptors (Lipinski definition) is 4. The van der Waals surface area contributed by atoms with E-state index in [4.69, 9.17) is 9.47 Å². The molecule has 132 valence electrons. The second-order valence-corrected chi connectivity index (χ2v) is 6.58. The Hall–Kier alpha value is -2.66. The van der Waals surface area contributed by atoms with Crippen LogP contribution in [0.5, 0.6) is 11.6 Å². The average Bonchev–Trinajstić information content (AvgIpc) is 2.72. The van der Waals surface area contributed by atoms with E-state index >= 15 is 0 Å². The van der Waals surface area contributed by atoms with Crippen LogP contribution in [-0.4, -0.2) is 17.9 Å². The van der Waals surface area contributed by atoms with Gasteiger partial charge in [-0.15, -0.1) is 0 Å². The fourth-order valence-electron chi connectivity index (χ4n) is 2.42. The molecule has 0 saturated carbocycles. The number of ether oxygens (including phenoxy) is 2. The zero-order chi connectivity index (χ0) is 18.4. The summed E-state index contributed by atoms with van der Waals surface area (Å²) in [6.45, 7) is 0.508. The van der Waals surface area contributed by atoms with Gasteiger partial charge in [-0.1, -0.05) is 58.4 Å². The van der Waals surface area contributed by atoms with Gasteiger partial charge in [-0.25, -0.2) is 4.98 Å². The number of carbonyl (C=O) groups excluding carboxylic acids is 1. The van der Waals surface area contributed by atoms with E-state index in [-0.39, 0.29) is 5.78 Å². The van der Waals surface area contributed by atoms with Crippen LogP contribution in [0.15, 0.2) is 72.9 Å². The van der Waals surface area contributed by atoms with Crippen LogP contribution in [0, 0.1) is 0 Å². The summed E-state index contributed by atoms with van der Waals surface area (Å²) in [5.74, 6) is 1.18. The van der Waals surface area contributed by atoms with E-state index in [0.717, 1.165) is 16.9 Å². The Balaban J connectivity index is 1.64. The highest BCUT2D eigenvalue weighted by molar-refractivity contribution is 9.09. The molecule has 3 rings (SSSR count). The number of nitrogens with zero attached hydrogens (tertiary/aromatic N) is 1. The van der Waals surface area contributed by atoms with Crippen molar-refractivity contribution in [3.05, 3.63) is 89.6 Å².